The molecule has 0 unspecified atom stereocenters. The van der Waals surface area contributed by atoms with Crippen LogP contribution in [0.1, 0.15) is 50.2 Å². The summed E-state index contributed by atoms with van der Waals surface area (Å²) in [5.74, 6) is 0.167. The Morgan fingerprint density at radius 2 is 1.63 bits per heavy atom. The van der Waals surface area contributed by atoms with E-state index in [1.165, 1.54) is 17.0 Å². The van der Waals surface area contributed by atoms with Crippen molar-refractivity contribution in [1.29, 1.82) is 0 Å². The van der Waals surface area contributed by atoms with Crippen LogP contribution in [-0.2, 0) is 26.2 Å². The highest BCUT2D eigenvalue weighted by molar-refractivity contribution is 7.92. The van der Waals surface area contributed by atoms with Gasteiger partial charge in [0.1, 0.15) is 25.8 Å². The smallest absolute Gasteiger partial charge is 0.264 e. The molecular weight excluding hydrogens is 566 g/mol. The Hall–Kier alpha value is -4.05. The van der Waals surface area contributed by atoms with E-state index in [0.717, 1.165) is 47.5 Å². The predicted octanol–water partition coefficient (Wildman–Crippen LogP) is 4.83. The van der Waals surface area contributed by atoms with Crippen LogP contribution in [0.2, 0.25) is 0 Å². The lowest BCUT2D eigenvalue weighted by atomic mass is 9.95. The number of carbonyl (C=O) groups excluding carboxylic acids is 2. The van der Waals surface area contributed by atoms with Crippen LogP contribution in [0.4, 0.5) is 5.69 Å². The van der Waals surface area contributed by atoms with Gasteiger partial charge >= 0.3 is 0 Å². The maximum absolute atomic E-state index is 14.2. The Morgan fingerprint density at radius 3 is 2.35 bits per heavy atom. The quantitative estimate of drug-likeness (QED) is 0.355. The third-order valence-electron chi connectivity index (χ3n) is 7.98. The van der Waals surface area contributed by atoms with Crippen molar-refractivity contribution < 1.29 is 27.5 Å². The van der Waals surface area contributed by atoms with Crippen LogP contribution in [0.5, 0.6) is 11.5 Å². The van der Waals surface area contributed by atoms with Gasteiger partial charge in [-0.15, -0.1) is 0 Å². The highest BCUT2D eigenvalue weighted by Crippen LogP contribution is 2.36. The summed E-state index contributed by atoms with van der Waals surface area (Å²) in [4.78, 5) is 29.2. The van der Waals surface area contributed by atoms with E-state index in [0.29, 0.717) is 24.7 Å². The Kier molecular flexibility index (Phi) is 9.55. The number of aryl methyl sites for hydroxylation is 1. The number of fused-ring (bicyclic) bond motifs is 1. The molecule has 10 heteroatoms. The van der Waals surface area contributed by atoms with Crippen LogP contribution >= 0.6 is 0 Å². The molecule has 5 rings (SSSR count). The number of hydrogen-bond donors (Lipinski definition) is 1. The Labute approximate surface area is 253 Å². The average molecular weight is 606 g/mol. The summed E-state index contributed by atoms with van der Waals surface area (Å²) in [6.07, 6.45) is 5.11. The van der Waals surface area contributed by atoms with Crippen molar-refractivity contribution in [1.82, 2.24) is 10.2 Å². The first kappa shape index (κ1) is 30.4. The van der Waals surface area contributed by atoms with E-state index < -0.39 is 28.5 Å². The molecule has 228 valence electrons. The number of benzene rings is 3. The van der Waals surface area contributed by atoms with E-state index in [-0.39, 0.29) is 29.1 Å². The van der Waals surface area contributed by atoms with Gasteiger partial charge in [0.25, 0.3) is 10.0 Å². The summed E-state index contributed by atoms with van der Waals surface area (Å²) in [6.45, 7) is 4.03. The Morgan fingerprint density at radius 1 is 0.907 bits per heavy atom. The molecule has 0 radical (unpaired) electrons. The zero-order valence-corrected chi connectivity index (χ0v) is 25.5. The van der Waals surface area contributed by atoms with E-state index in [1.807, 2.05) is 31.2 Å². The van der Waals surface area contributed by atoms with Gasteiger partial charge in [-0.1, -0.05) is 67.3 Å². The largest absolute Gasteiger partial charge is 0.486 e. The van der Waals surface area contributed by atoms with Crippen molar-refractivity contribution in [2.45, 2.75) is 69.5 Å². The van der Waals surface area contributed by atoms with Gasteiger partial charge in [-0.05, 0) is 56.5 Å². The normalized spacial score (nSPS) is 15.8. The van der Waals surface area contributed by atoms with Crippen molar-refractivity contribution in [2.24, 2.45) is 0 Å². The number of ether oxygens (including phenoxy) is 2. The molecule has 3 aromatic rings. The first-order valence-corrected chi connectivity index (χ1v) is 16.3. The van der Waals surface area contributed by atoms with E-state index in [9.17, 15) is 18.0 Å². The Balaban J connectivity index is 1.48. The molecule has 2 aliphatic rings. The maximum atomic E-state index is 14.2. The molecule has 43 heavy (non-hydrogen) atoms. The number of carbonyl (C=O) groups is 2. The second-order valence-electron chi connectivity index (χ2n) is 11.2. The molecular formula is C33H39N3O6S. The fourth-order valence-electron chi connectivity index (χ4n) is 5.59. The summed E-state index contributed by atoms with van der Waals surface area (Å²) in [6, 6.07) is 19.8. The monoisotopic (exact) mass is 605 g/mol. The van der Waals surface area contributed by atoms with Crippen molar-refractivity contribution in [3.63, 3.8) is 0 Å². The summed E-state index contributed by atoms with van der Waals surface area (Å²) < 4.78 is 40.5. The minimum Gasteiger partial charge on any atom is -0.486 e. The average Bonchev–Trinajstić information content (AvgIpc) is 3.02. The van der Waals surface area contributed by atoms with Crippen molar-refractivity contribution in [3.05, 3.63) is 83.9 Å². The molecule has 9 nitrogen and oxygen atoms in total. The fourth-order valence-corrected chi connectivity index (χ4v) is 7.02. The number of rotatable bonds is 10. The second-order valence-corrected chi connectivity index (χ2v) is 13.0. The summed E-state index contributed by atoms with van der Waals surface area (Å²) in [7, 11) is -4.17. The van der Waals surface area contributed by atoms with Crippen LogP contribution in [0, 0.1) is 6.92 Å². The van der Waals surface area contributed by atoms with Gasteiger partial charge in [-0.2, -0.15) is 0 Å². The van der Waals surface area contributed by atoms with Crippen molar-refractivity contribution in [2.75, 3.05) is 24.1 Å². The predicted molar refractivity (Wildman–Crippen MR) is 165 cm³/mol. The Bertz CT molecular complexity index is 1540. The molecule has 1 heterocycles. The minimum atomic E-state index is -4.17. The van der Waals surface area contributed by atoms with Crippen LogP contribution in [0.25, 0.3) is 0 Å². The molecule has 1 aliphatic heterocycles. The number of nitrogens with one attached hydrogen (secondary N) is 1. The number of hydrogen-bond acceptors (Lipinski definition) is 6. The lowest BCUT2D eigenvalue weighted by Gasteiger charge is -2.33. The number of amides is 2. The SMILES string of the molecule is Cc1cccc(CN(C(=O)CN(c2ccc3c(c2)OCCO3)S(=O)(=O)c2ccccc2)[C@H](C)C(=O)NC2CCCCC2)c1. The van der Waals surface area contributed by atoms with Crippen LogP contribution in [0.15, 0.2) is 77.7 Å². The molecule has 1 atom stereocenters. The molecule has 1 saturated carbocycles. The third kappa shape index (κ3) is 7.30. The molecule has 3 aromatic carbocycles. The highest BCUT2D eigenvalue weighted by Gasteiger charge is 2.33. The van der Waals surface area contributed by atoms with E-state index in [1.54, 1.807) is 43.3 Å². The van der Waals surface area contributed by atoms with E-state index in [4.69, 9.17) is 9.47 Å². The van der Waals surface area contributed by atoms with Gasteiger partial charge in [0.05, 0.1) is 10.6 Å². The lowest BCUT2D eigenvalue weighted by Crippen LogP contribution is -2.53. The van der Waals surface area contributed by atoms with Gasteiger partial charge < -0.3 is 19.7 Å². The van der Waals surface area contributed by atoms with Crippen LogP contribution < -0.4 is 19.1 Å². The first-order chi connectivity index (χ1) is 20.7. The minimum absolute atomic E-state index is 0.0472. The van der Waals surface area contributed by atoms with Gasteiger partial charge in [0.15, 0.2) is 11.5 Å². The number of anilines is 1. The molecule has 2 amide bonds. The van der Waals surface area contributed by atoms with Gasteiger partial charge in [0.2, 0.25) is 11.8 Å². The van der Waals surface area contributed by atoms with Crippen molar-refractivity contribution in [3.8, 4) is 11.5 Å². The molecule has 0 bridgehead atoms. The maximum Gasteiger partial charge on any atom is 0.264 e. The standard InChI is InChI=1S/C33H39N3O6S/c1-24-10-9-11-26(20-24)22-35(25(2)33(38)34-27-12-5-3-6-13-27)32(37)23-36(43(39,40)29-14-7-4-8-15-29)28-16-17-30-31(21-28)42-19-18-41-30/h4,7-11,14-17,20-21,25,27H,3,5-6,12-13,18-19,22-23H2,1-2H3,(H,34,38)/t25-/m1/s1. The van der Waals surface area contributed by atoms with Gasteiger partial charge in [-0.25, -0.2) is 8.42 Å². The number of sulfonamides is 1. The number of nitrogens with zero attached hydrogens (tertiary/aromatic N) is 2. The molecule has 0 spiro atoms. The van der Waals surface area contributed by atoms with Gasteiger partial charge in [-0.3, -0.25) is 13.9 Å². The highest BCUT2D eigenvalue weighted by atomic mass is 32.2. The van der Waals surface area contributed by atoms with E-state index in [2.05, 4.69) is 5.32 Å². The summed E-state index contributed by atoms with van der Waals surface area (Å²) in [5, 5.41) is 3.13. The molecule has 0 aromatic heterocycles. The molecule has 1 fully saturated rings. The van der Waals surface area contributed by atoms with Crippen molar-refractivity contribution >= 4 is 27.5 Å². The molecule has 0 saturated heterocycles. The van der Waals surface area contributed by atoms with Gasteiger partial charge in [0, 0.05) is 18.7 Å². The first-order valence-electron chi connectivity index (χ1n) is 14.9. The zero-order chi connectivity index (χ0) is 30.4. The summed E-state index contributed by atoms with van der Waals surface area (Å²) in [5.41, 5.74) is 2.13. The fraction of sp³-hybridized carbons (Fsp3) is 0.394. The van der Waals surface area contributed by atoms with Crippen LogP contribution in [-0.4, -0.2) is 57.0 Å². The second kappa shape index (κ2) is 13.5. The molecule has 1 aliphatic carbocycles. The third-order valence-corrected chi connectivity index (χ3v) is 9.77. The lowest BCUT2D eigenvalue weighted by molar-refractivity contribution is -0.139. The topological polar surface area (TPSA) is 105 Å². The molecule has 1 N–H and O–H groups in total. The summed E-state index contributed by atoms with van der Waals surface area (Å²) >= 11 is 0. The van der Waals surface area contributed by atoms with Crippen LogP contribution in [0.3, 0.4) is 0 Å². The van der Waals surface area contributed by atoms with E-state index >= 15 is 0 Å². The zero-order valence-electron chi connectivity index (χ0n) is 24.7.